The summed E-state index contributed by atoms with van der Waals surface area (Å²) in [7, 11) is 1.85. The maximum atomic E-state index is 12.1. The zero-order valence-corrected chi connectivity index (χ0v) is 12.4. The average Bonchev–Trinajstić information content (AvgIpc) is 2.39. The smallest absolute Gasteiger partial charge is 0.236 e. The number of likely N-dealkylation sites (N-methyl/N-ethyl adjacent to an activating group) is 2. The minimum atomic E-state index is 0.160. The molecule has 0 fully saturated rings. The summed E-state index contributed by atoms with van der Waals surface area (Å²) in [6.07, 6.45) is 0. The third-order valence-electron chi connectivity index (χ3n) is 3.36. The summed E-state index contributed by atoms with van der Waals surface area (Å²) in [5, 5.41) is 0. The van der Waals surface area contributed by atoms with Gasteiger partial charge in [0.15, 0.2) is 0 Å². The second kappa shape index (κ2) is 7.14. The second-order valence-corrected chi connectivity index (χ2v) is 5.14. The molecule has 0 radical (unpaired) electrons. The van der Waals surface area contributed by atoms with Gasteiger partial charge in [-0.15, -0.1) is 0 Å². The highest BCUT2D eigenvalue weighted by Gasteiger charge is 2.15. The van der Waals surface area contributed by atoms with Crippen LogP contribution in [0.3, 0.4) is 0 Å². The Labute approximate surface area is 116 Å². The SMILES string of the molecule is CCN(CC(=O)N(C)C(C)C)Cc1ccc(N)cc1. The molecule has 4 nitrogen and oxygen atoms in total. The lowest BCUT2D eigenvalue weighted by Crippen LogP contribution is -2.41. The van der Waals surface area contributed by atoms with Crippen molar-refractivity contribution < 1.29 is 4.79 Å². The van der Waals surface area contributed by atoms with E-state index in [1.807, 2.05) is 45.2 Å². The Kier molecular flexibility index (Phi) is 5.83. The van der Waals surface area contributed by atoms with Crippen LogP contribution in [0.25, 0.3) is 0 Å². The summed E-state index contributed by atoms with van der Waals surface area (Å²) in [6, 6.07) is 8.04. The van der Waals surface area contributed by atoms with Crippen LogP contribution in [0.5, 0.6) is 0 Å². The lowest BCUT2D eigenvalue weighted by Gasteiger charge is -2.26. The van der Waals surface area contributed by atoms with Crippen molar-refractivity contribution in [3.8, 4) is 0 Å². The lowest BCUT2D eigenvalue weighted by atomic mass is 10.2. The molecule has 19 heavy (non-hydrogen) atoms. The molecule has 0 saturated carbocycles. The molecule has 1 aromatic carbocycles. The molecule has 0 spiro atoms. The van der Waals surface area contributed by atoms with Crippen molar-refractivity contribution in [1.82, 2.24) is 9.80 Å². The molecule has 1 aromatic rings. The molecule has 1 amide bonds. The van der Waals surface area contributed by atoms with Gasteiger partial charge in [-0.1, -0.05) is 19.1 Å². The Hall–Kier alpha value is -1.55. The van der Waals surface area contributed by atoms with E-state index in [0.717, 1.165) is 18.8 Å². The Balaban J connectivity index is 2.59. The Morgan fingerprint density at radius 3 is 2.32 bits per heavy atom. The molecule has 0 heterocycles. The highest BCUT2D eigenvalue weighted by atomic mass is 16.2. The van der Waals surface area contributed by atoms with E-state index in [9.17, 15) is 4.79 Å². The Bertz CT molecular complexity index is 400. The molecule has 0 bridgehead atoms. The third-order valence-corrected chi connectivity index (χ3v) is 3.36. The van der Waals surface area contributed by atoms with Gasteiger partial charge in [-0.2, -0.15) is 0 Å². The number of nitrogens with zero attached hydrogens (tertiary/aromatic N) is 2. The number of benzene rings is 1. The van der Waals surface area contributed by atoms with Crippen molar-refractivity contribution in [2.45, 2.75) is 33.4 Å². The molecule has 0 aromatic heterocycles. The number of hydrogen-bond acceptors (Lipinski definition) is 3. The number of carbonyl (C=O) groups excluding carboxylic acids is 1. The molecule has 0 saturated heterocycles. The van der Waals surface area contributed by atoms with Crippen LogP contribution >= 0.6 is 0 Å². The van der Waals surface area contributed by atoms with Crippen molar-refractivity contribution >= 4 is 11.6 Å². The summed E-state index contributed by atoms with van der Waals surface area (Å²) < 4.78 is 0. The average molecular weight is 263 g/mol. The van der Waals surface area contributed by atoms with Gasteiger partial charge in [0.1, 0.15) is 0 Å². The fourth-order valence-corrected chi connectivity index (χ4v) is 1.75. The van der Waals surface area contributed by atoms with Gasteiger partial charge in [-0.25, -0.2) is 0 Å². The van der Waals surface area contributed by atoms with Gasteiger partial charge in [-0.3, -0.25) is 9.69 Å². The van der Waals surface area contributed by atoms with Crippen molar-refractivity contribution in [1.29, 1.82) is 0 Å². The molecular formula is C15H25N3O. The summed E-state index contributed by atoms with van der Waals surface area (Å²) >= 11 is 0. The minimum Gasteiger partial charge on any atom is -0.399 e. The Morgan fingerprint density at radius 1 is 1.26 bits per heavy atom. The highest BCUT2D eigenvalue weighted by Crippen LogP contribution is 2.09. The zero-order valence-electron chi connectivity index (χ0n) is 12.4. The number of hydrogen-bond donors (Lipinski definition) is 1. The monoisotopic (exact) mass is 263 g/mol. The first-order valence-corrected chi connectivity index (χ1v) is 6.76. The summed E-state index contributed by atoms with van der Waals surface area (Å²) in [4.78, 5) is 16.0. The van der Waals surface area contributed by atoms with Crippen LogP contribution in [0, 0.1) is 0 Å². The van der Waals surface area contributed by atoms with Crippen molar-refractivity contribution in [3.63, 3.8) is 0 Å². The lowest BCUT2D eigenvalue weighted by molar-refractivity contribution is -0.132. The normalized spacial score (nSPS) is 11.1. The predicted octanol–water partition coefficient (Wildman–Crippen LogP) is 1.96. The van der Waals surface area contributed by atoms with Crippen LogP contribution in [0.4, 0.5) is 5.69 Å². The molecule has 0 aliphatic rings. The molecule has 0 unspecified atom stereocenters. The quantitative estimate of drug-likeness (QED) is 0.798. The molecular weight excluding hydrogens is 238 g/mol. The van der Waals surface area contributed by atoms with Crippen LogP contribution in [0.1, 0.15) is 26.3 Å². The fraction of sp³-hybridized carbons (Fsp3) is 0.533. The number of nitrogen functional groups attached to an aromatic ring is 1. The number of nitrogens with two attached hydrogens (primary N) is 1. The fourth-order valence-electron chi connectivity index (χ4n) is 1.75. The van der Waals surface area contributed by atoms with E-state index >= 15 is 0 Å². The van der Waals surface area contributed by atoms with Crippen molar-refractivity contribution in [2.24, 2.45) is 0 Å². The van der Waals surface area contributed by atoms with Gasteiger partial charge in [-0.05, 0) is 38.1 Å². The first-order valence-electron chi connectivity index (χ1n) is 6.76. The van der Waals surface area contributed by atoms with E-state index < -0.39 is 0 Å². The topological polar surface area (TPSA) is 49.6 Å². The summed E-state index contributed by atoms with van der Waals surface area (Å²) in [5.74, 6) is 0.160. The van der Waals surface area contributed by atoms with E-state index in [0.29, 0.717) is 6.54 Å². The molecule has 0 aliphatic heterocycles. The molecule has 0 atom stereocenters. The van der Waals surface area contributed by atoms with Gasteiger partial charge >= 0.3 is 0 Å². The maximum absolute atomic E-state index is 12.1. The summed E-state index contributed by atoms with van der Waals surface area (Å²) in [6.45, 7) is 8.19. The maximum Gasteiger partial charge on any atom is 0.236 e. The van der Waals surface area contributed by atoms with E-state index in [-0.39, 0.29) is 11.9 Å². The van der Waals surface area contributed by atoms with E-state index in [1.165, 1.54) is 5.56 Å². The van der Waals surface area contributed by atoms with Gasteiger partial charge in [0.2, 0.25) is 5.91 Å². The van der Waals surface area contributed by atoms with Gasteiger partial charge in [0, 0.05) is 25.3 Å². The minimum absolute atomic E-state index is 0.160. The second-order valence-electron chi connectivity index (χ2n) is 5.14. The zero-order chi connectivity index (χ0) is 14.4. The number of carbonyl (C=O) groups is 1. The van der Waals surface area contributed by atoms with Gasteiger partial charge < -0.3 is 10.6 Å². The standard InChI is InChI=1S/C15H25N3O/c1-5-18(11-15(19)17(4)12(2)3)10-13-6-8-14(16)9-7-13/h6-9,12H,5,10-11,16H2,1-4H3. The summed E-state index contributed by atoms with van der Waals surface area (Å²) in [5.41, 5.74) is 7.61. The first kappa shape index (κ1) is 15.5. The largest absolute Gasteiger partial charge is 0.399 e. The Morgan fingerprint density at radius 2 is 1.84 bits per heavy atom. The van der Waals surface area contributed by atoms with Gasteiger partial charge in [0.05, 0.1) is 6.54 Å². The molecule has 1 rings (SSSR count). The number of rotatable bonds is 6. The third kappa shape index (κ3) is 4.91. The van der Waals surface area contributed by atoms with Crippen molar-refractivity contribution in [2.75, 3.05) is 25.9 Å². The molecule has 106 valence electrons. The molecule has 0 aliphatic carbocycles. The van der Waals surface area contributed by atoms with Crippen LogP contribution in [-0.4, -0.2) is 41.9 Å². The predicted molar refractivity (Wildman–Crippen MR) is 79.7 cm³/mol. The van der Waals surface area contributed by atoms with E-state index in [2.05, 4.69) is 11.8 Å². The highest BCUT2D eigenvalue weighted by molar-refractivity contribution is 5.78. The van der Waals surface area contributed by atoms with E-state index in [1.54, 1.807) is 4.90 Å². The van der Waals surface area contributed by atoms with Gasteiger partial charge in [0.25, 0.3) is 0 Å². The molecule has 4 heteroatoms. The van der Waals surface area contributed by atoms with Crippen molar-refractivity contribution in [3.05, 3.63) is 29.8 Å². The van der Waals surface area contributed by atoms with Crippen LogP contribution in [0.2, 0.25) is 0 Å². The number of amides is 1. The van der Waals surface area contributed by atoms with E-state index in [4.69, 9.17) is 5.73 Å². The van der Waals surface area contributed by atoms with Crippen LogP contribution in [-0.2, 0) is 11.3 Å². The van der Waals surface area contributed by atoms with Crippen LogP contribution < -0.4 is 5.73 Å². The molecule has 2 N–H and O–H groups in total. The first-order chi connectivity index (χ1) is 8.93. The number of anilines is 1. The van der Waals surface area contributed by atoms with Crippen LogP contribution in [0.15, 0.2) is 24.3 Å².